The molecular formula is C12H14O12. The van der Waals surface area contributed by atoms with Crippen LogP contribution in [0.4, 0.5) is 0 Å². The van der Waals surface area contributed by atoms with E-state index in [1.165, 1.54) is 0 Å². The Bertz CT molecular complexity index is 488. The molecule has 0 spiro atoms. The lowest BCUT2D eigenvalue weighted by Crippen LogP contribution is -2.26. The summed E-state index contributed by atoms with van der Waals surface area (Å²) in [6.45, 7) is 0. The van der Waals surface area contributed by atoms with Crippen LogP contribution in [0, 0.1) is 0 Å². The molecule has 0 saturated carbocycles. The van der Waals surface area contributed by atoms with Gasteiger partial charge in [0.15, 0.2) is 12.2 Å². The van der Waals surface area contributed by atoms with Gasteiger partial charge in [0, 0.05) is 0 Å². The van der Waals surface area contributed by atoms with Crippen molar-refractivity contribution in [2.45, 2.75) is 37.9 Å². The molecule has 4 N–H and O–H groups in total. The Hall–Kier alpha value is -2.86. The number of carbonyl (C=O) groups is 6. The standard InChI is InChI=1S/C12H14O12/c13-5(11(19)20)3-9(17)23-7(15)1-2-8(16)24-10(18)4-6(14)12(21)22/h5-6,13-14H,1-4H2,(H,19,20)(H,21,22). The minimum Gasteiger partial charge on any atom is -0.479 e. The smallest absolute Gasteiger partial charge is 0.333 e. The number of carboxylic acids is 2. The highest BCUT2D eigenvalue weighted by atomic mass is 16.6. The molecule has 12 heteroatoms. The van der Waals surface area contributed by atoms with Gasteiger partial charge in [-0.05, 0) is 0 Å². The number of aliphatic hydroxyl groups excluding tert-OH is 2. The van der Waals surface area contributed by atoms with Gasteiger partial charge in [-0.1, -0.05) is 0 Å². The number of carboxylic acid groups (broad SMARTS) is 2. The van der Waals surface area contributed by atoms with Crippen LogP contribution in [0.2, 0.25) is 0 Å². The topological polar surface area (TPSA) is 202 Å². The number of hydrogen-bond donors (Lipinski definition) is 4. The van der Waals surface area contributed by atoms with Gasteiger partial charge in [0.2, 0.25) is 0 Å². The number of aliphatic carboxylic acids is 2. The van der Waals surface area contributed by atoms with Gasteiger partial charge in [0.1, 0.15) is 0 Å². The molecule has 0 saturated heterocycles. The minimum absolute atomic E-state index is 0.692. The summed E-state index contributed by atoms with van der Waals surface area (Å²) in [4.78, 5) is 65.0. The second-order valence-electron chi connectivity index (χ2n) is 4.31. The van der Waals surface area contributed by atoms with Gasteiger partial charge < -0.3 is 29.9 Å². The zero-order valence-corrected chi connectivity index (χ0v) is 12.0. The Morgan fingerprint density at radius 1 is 0.625 bits per heavy atom. The first-order chi connectivity index (χ1) is 11.0. The fourth-order valence-corrected chi connectivity index (χ4v) is 1.13. The van der Waals surface area contributed by atoms with E-state index in [2.05, 4.69) is 9.47 Å². The van der Waals surface area contributed by atoms with Crippen LogP contribution in [-0.2, 0) is 38.2 Å². The molecule has 0 fully saturated rings. The van der Waals surface area contributed by atoms with Crippen molar-refractivity contribution in [2.24, 2.45) is 0 Å². The lowest BCUT2D eigenvalue weighted by Gasteiger charge is -2.06. The van der Waals surface area contributed by atoms with E-state index in [0.717, 1.165) is 0 Å². The van der Waals surface area contributed by atoms with Crippen LogP contribution < -0.4 is 0 Å². The van der Waals surface area contributed by atoms with Crippen LogP contribution in [0.25, 0.3) is 0 Å². The third-order valence-electron chi connectivity index (χ3n) is 2.28. The van der Waals surface area contributed by atoms with Crippen molar-refractivity contribution in [1.29, 1.82) is 0 Å². The molecule has 0 heterocycles. The molecule has 0 aliphatic rings. The first kappa shape index (κ1) is 21.1. The zero-order valence-electron chi connectivity index (χ0n) is 12.0. The number of ether oxygens (including phenoxy) is 2. The molecule has 0 aromatic heterocycles. The van der Waals surface area contributed by atoms with E-state index in [-0.39, 0.29) is 0 Å². The summed E-state index contributed by atoms with van der Waals surface area (Å²) in [7, 11) is 0. The summed E-state index contributed by atoms with van der Waals surface area (Å²) >= 11 is 0. The van der Waals surface area contributed by atoms with Crippen LogP contribution in [0.3, 0.4) is 0 Å². The predicted molar refractivity (Wildman–Crippen MR) is 68.0 cm³/mol. The predicted octanol–water partition coefficient (Wildman–Crippen LogP) is -2.42. The highest BCUT2D eigenvalue weighted by Crippen LogP contribution is 2.02. The van der Waals surface area contributed by atoms with E-state index in [9.17, 15) is 28.8 Å². The van der Waals surface area contributed by atoms with Crippen molar-refractivity contribution in [3.63, 3.8) is 0 Å². The fraction of sp³-hybridized carbons (Fsp3) is 0.500. The van der Waals surface area contributed by atoms with Gasteiger partial charge >= 0.3 is 35.8 Å². The lowest BCUT2D eigenvalue weighted by atomic mass is 10.2. The van der Waals surface area contributed by atoms with E-state index < -0.39 is 73.7 Å². The summed E-state index contributed by atoms with van der Waals surface area (Å²) < 4.78 is 8.22. The second kappa shape index (κ2) is 10.0. The van der Waals surface area contributed by atoms with E-state index in [0.29, 0.717) is 0 Å². The molecule has 2 unspecified atom stereocenters. The lowest BCUT2D eigenvalue weighted by molar-refractivity contribution is -0.168. The minimum atomic E-state index is -2.05. The Morgan fingerprint density at radius 2 is 0.917 bits per heavy atom. The summed E-state index contributed by atoms with van der Waals surface area (Å²) in [5, 5.41) is 34.4. The van der Waals surface area contributed by atoms with Gasteiger partial charge in [0.05, 0.1) is 25.7 Å². The molecule has 0 bridgehead atoms. The van der Waals surface area contributed by atoms with Gasteiger partial charge in [-0.15, -0.1) is 0 Å². The summed E-state index contributed by atoms with van der Waals surface area (Å²) in [5.74, 6) is -8.50. The normalized spacial score (nSPS) is 12.6. The van der Waals surface area contributed by atoms with Crippen molar-refractivity contribution in [3.05, 3.63) is 0 Å². The molecule has 0 amide bonds. The van der Waals surface area contributed by atoms with E-state index in [1.54, 1.807) is 0 Å². The highest BCUT2D eigenvalue weighted by Gasteiger charge is 2.23. The molecule has 0 radical (unpaired) electrons. The first-order valence-electron chi connectivity index (χ1n) is 6.31. The maximum Gasteiger partial charge on any atom is 0.333 e. The van der Waals surface area contributed by atoms with Crippen molar-refractivity contribution in [3.8, 4) is 0 Å². The Morgan fingerprint density at radius 3 is 1.17 bits per heavy atom. The third-order valence-corrected chi connectivity index (χ3v) is 2.28. The molecule has 0 aliphatic heterocycles. The summed E-state index contributed by atoms with van der Waals surface area (Å²) in [5.41, 5.74) is 0. The molecule has 134 valence electrons. The van der Waals surface area contributed by atoms with Crippen molar-refractivity contribution >= 4 is 35.8 Å². The van der Waals surface area contributed by atoms with Crippen LogP contribution in [0.5, 0.6) is 0 Å². The Labute approximate surface area is 133 Å². The largest absolute Gasteiger partial charge is 0.479 e. The van der Waals surface area contributed by atoms with E-state index >= 15 is 0 Å². The molecule has 24 heavy (non-hydrogen) atoms. The molecule has 0 aromatic rings. The Kier molecular flexibility index (Phi) is 8.82. The average Bonchev–Trinajstić information content (AvgIpc) is 2.44. The maximum atomic E-state index is 11.2. The van der Waals surface area contributed by atoms with Crippen LogP contribution in [0.15, 0.2) is 0 Å². The van der Waals surface area contributed by atoms with Gasteiger partial charge in [0.25, 0.3) is 0 Å². The summed E-state index contributed by atoms with van der Waals surface area (Å²) in [6, 6.07) is 0. The average molecular weight is 350 g/mol. The molecule has 2 atom stereocenters. The van der Waals surface area contributed by atoms with Crippen molar-refractivity contribution in [1.82, 2.24) is 0 Å². The number of rotatable bonds is 9. The van der Waals surface area contributed by atoms with Gasteiger partial charge in [-0.2, -0.15) is 0 Å². The number of esters is 4. The quantitative estimate of drug-likeness (QED) is 0.253. The van der Waals surface area contributed by atoms with Crippen LogP contribution in [-0.4, -0.2) is 68.4 Å². The monoisotopic (exact) mass is 350 g/mol. The maximum absolute atomic E-state index is 11.2. The Balaban J connectivity index is 4.11. The van der Waals surface area contributed by atoms with Gasteiger partial charge in [-0.3, -0.25) is 19.2 Å². The third kappa shape index (κ3) is 9.22. The van der Waals surface area contributed by atoms with Gasteiger partial charge in [-0.25, -0.2) is 9.59 Å². The molecule has 0 rings (SSSR count). The van der Waals surface area contributed by atoms with Crippen LogP contribution >= 0.6 is 0 Å². The second-order valence-corrected chi connectivity index (χ2v) is 4.31. The molecule has 0 aromatic carbocycles. The highest BCUT2D eigenvalue weighted by molar-refractivity contribution is 5.91. The number of aliphatic hydroxyl groups is 2. The van der Waals surface area contributed by atoms with E-state index in [4.69, 9.17) is 20.4 Å². The summed E-state index contributed by atoms with van der Waals surface area (Å²) in [6.07, 6.45) is -7.43. The molecule has 0 aliphatic carbocycles. The van der Waals surface area contributed by atoms with Crippen molar-refractivity contribution < 1.29 is 58.7 Å². The SMILES string of the molecule is O=C(CCC(=O)OC(=O)CC(O)C(=O)O)OC(=O)CC(O)C(=O)O. The first-order valence-corrected chi connectivity index (χ1v) is 6.31. The van der Waals surface area contributed by atoms with E-state index in [1.807, 2.05) is 0 Å². The number of carbonyl (C=O) groups excluding carboxylic acids is 4. The molecular weight excluding hydrogens is 336 g/mol. The molecule has 12 nitrogen and oxygen atoms in total. The van der Waals surface area contributed by atoms with Crippen LogP contribution in [0.1, 0.15) is 25.7 Å². The fourth-order valence-electron chi connectivity index (χ4n) is 1.13. The van der Waals surface area contributed by atoms with Crippen molar-refractivity contribution in [2.75, 3.05) is 0 Å². The zero-order chi connectivity index (χ0) is 18.9. The number of hydrogen-bond acceptors (Lipinski definition) is 10.